The first-order chi connectivity index (χ1) is 8.22. The van der Waals surface area contributed by atoms with E-state index in [2.05, 4.69) is 11.8 Å². The van der Waals surface area contributed by atoms with Gasteiger partial charge in [-0.15, -0.1) is 0 Å². The van der Waals surface area contributed by atoms with E-state index in [0.29, 0.717) is 12.5 Å². The lowest BCUT2D eigenvalue weighted by Gasteiger charge is -2.36. The number of piperidine rings is 1. The van der Waals surface area contributed by atoms with Gasteiger partial charge in [0, 0.05) is 13.2 Å². The number of carbonyl (C=O) groups is 1. The van der Waals surface area contributed by atoms with Gasteiger partial charge in [0.25, 0.3) is 0 Å². The van der Waals surface area contributed by atoms with Crippen molar-refractivity contribution in [1.29, 1.82) is 0 Å². The molecule has 2 atom stereocenters. The maximum Gasteiger partial charge on any atom is 0.323 e. The summed E-state index contributed by atoms with van der Waals surface area (Å²) >= 11 is 0. The minimum absolute atomic E-state index is 0.104. The van der Waals surface area contributed by atoms with E-state index >= 15 is 0 Å². The highest BCUT2D eigenvalue weighted by atomic mass is 16.5. The van der Waals surface area contributed by atoms with Crippen molar-refractivity contribution in [3.8, 4) is 0 Å². The normalized spacial score (nSPS) is 23.4. The minimum Gasteiger partial charge on any atom is -0.465 e. The average molecular weight is 243 g/mol. The molecule has 1 fully saturated rings. The Morgan fingerprint density at radius 3 is 2.88 bits per heavy atom. The summed E-state index contributed by atoms with van der Waals surface area (Å²) in [6.07, 6.45) is 3.94. The number of aliphatic hydroxyl groups is 1. The van der Waals surface area contributed by atoms with E-state index < -0.39 is 0 Å². The summed E-state index contributed by atoms with van der Waals surface area (Å²) in [4.78, 5) is 14.1. The van der Waals surface area contributed by atoms with E-state index in [-0.39, 0.29) is 18.6 Å². The lowest BCUT2D eigenvalue weighted by atomic mass is 9.96. The Hall–Kier alpha value is -0.610. The number of esters is 1. The van der Waals surface area contributed by atoms with Crippen LogP contribution in [0, 0.1) is 5.92 Å². The molecular formula is C13H25NO3. The second-order valence-corrected chi connectivity index (χ2v) is 4.74. The highest BCUT2D eigenvalue weighted by Gasteiger charge is 2.30. The first-order valence-corrected chi connectivity index (χ1v) is 6.74. The number of rotatable bonds is 6. The molecule has 0 radical (unpaired) electrons. The van der Waals surface area contributed by atoms with Crippen molar-refractivity contribution < 1.29 is 14.6 Å². The summed E-state index contributed by atoms with van der Waals surface area (Å²) in [6.45, 7) is 6.35. The van der Waals surface area contributed by atoms with Gasteiger partial charge in [-0.05, 0) is 38.6 Å². The molecule has 1 heterocycles. The Kier molecular flexibility index (Phi) is 6.52. The van der Waals surface area contributed by atoms with E-state index in [1.54, 1.807) is 0 Å². The third-order valence-electron chi connectivity index (χ3n) is 3.37. The molecule has 0 aromatic rings. The van der Waals surface area contributed by atoms with Crippen LogP contribution in [0.4, 0.5) is 0 Å². The van der Waals surface area contributed by atoms with Crippen molar-refractivity contribution in [2.45, 2.75) is 45.6 Å². The molecule has 0 amide bonds. The molecule has 0 aromatic heterocycles. The van der Waals surface area contributed by atoms with Crippen molar-refractivity contribution in [3.05, 3.63) is 0 Å². The van der Waals surface area contributed by atoms with Crippen LogP contribution in [0.15, 0.2) is 0 Å². The van der Waals surface area contributed by atoms with Gasteiger partial charge in [-0.1, -0.05) is 13.3 Å². The summed E-state index contributed by atoms with van der Waals surface area (Å²) in [5.74, 6) is 0.213. The van der Waals surface area contributed by atoms with Crippen LogP contribution in [-0.2, 0) is 9.53 Å². The zero-order valence-corrected chi connectivity index (χ0v) is 11.0. The first-order valence-electron chi connectivity index (χ1n) is 6.74. The summed E-state index contributed by atoms with van der Waals surface area (Å²) in [7, 11) is 0. The molecule has 0 bridgehead atoms. The smallest absolute Gasteiger partial charge is 0.323 e. The van der Waals surface area contributed by atoms with Crippen LogP contribution >= 0.6 is 0 Å². The zero-order valence-electron chi connectivity index (χ0n) is 11.0. The third-order valence-corrected chi connectivity index (χ3v) is 3.37. The van der Waals surface area contributed by atoms with E-state index in [4.69, 9.17) is 4.74 Å². The fourth-order valence-corrected chi connectivity index (χ4v) is 2.49. The summed E-state index contributed by atoms with van der Waals surface area (Å²) in [5, 5.41) is 9.22. The number of hydrogen-bond donors (Lipinski definition) is 1. The highest BCUT2D eigenvalue weighted by Crippen LogP contribution is 2.20. The SMILES string of the molecule is CCCC(C(=O)OCC)N1CCCC(CO)C1. The Bertz CT molecular complexity index is 233. The molecule has 1 N–H and O–H groups in total. The number of hydrogen-bond acceptors (Lipinski definition) is 4. The van der Waals surface area contributed by atoms with Crippen LogP contribution in [-0.4, -0.2) is 48.3 Å². The van der Waals surface area contributed by atoms with Crippen LogP contribution in [0.25, 0.3) is 0 Å². The third kappa shape index (κ3) is 4.28. The Labute approximate surface area is 104 Å². The lowest BCUT2D eigenvalue weighted by Crippen LogP contribution is -2.47. The average Bonchev–Trinajstić information content (AvgIpc) is 2.36. The predicted molar refractivity (Wildman–Crippen MR) is 66.7 cm³/mol. The largest absolute Gasteiger partial charge is 0.465 e. The molecule has 0 spiro atoms. The topological polar surface area (TPSA) is 49.8 Å². The van der Waals surface area contributed by atoms with Crippen molar-refractivity contribution in [3.63, 3.8) is 0 Å². The van der Waals surface area contributed by atoms with Gasteiger partial charge in [-0.2, -0.15) is 0 Å². The van der Waals surface area contributed by atoms with E-state index in [1.165, 1.54) is 0 Å². The number of aliphatic hydroxyl groups excluding tert-OH is 1. The van der Waals surface area contributed by atoms with Crippen LogP contribution in [0.1, 0.15) is 39.5 Å². The van der Waals surface area contributed by atoms with E-state index in [1.807, 2.05) is 6.92 Å². The maximum absolute atomic E-state index is 11.9. The molecule has 4 nitrogen and oxygen atoms in total. The Morgan fingerprint density at radius 2 is 2.29 bits per heavy atom. The van der Waals surface area contributed by atoms with Gasteiger partial charge in [-0.25, -0.2) is 0 Å². The van der Waals surface area contributed by atoms with Gasteiger partial charge in [-0.3, -0.25) is 9.69 Å². The van der Waals surface area contributed by atoms with Gasteiger partial charge in [0.15, 0.2) is 0 Å². The number of nitrogens with zero attached hydrogens (tertiary/aromatic N) is 1. The van der Waals surface area contributed by atoms with E-state index in [9.17, 15) is 9.90 Å². The van der Waals surface area contributed by atoms with Crippen LogP contribution in [0.3, 0.4) is 0 Å². The highest BCUT2D eigenvalue weighted by molar-refractivity contribution is 5.75. The molecule has 1 rings (SSSR count). The number of ether oxygens (including phenoxy) is 1. The van der Waals surface area contributed by atoms with Crippen LogP contribution in [0.5, 0.6) is 0 Å². The lowest BCUT2D eigenvalue weighted by molar-refractivity contribution is -0.150. The number of likely N-dealkylation sites (tertiary alicyclic amines) is 1. The zero-order chi connectivity index (χ0) is 12.7. The molecule has 2 unspecified atom stereocenters. The molecular weight excluding hydrogens is 218 g/mol. The fraction of sp³-hybridized carbons (Fsp3) is 0.923. The second kappa shape index (κ2) is 7.67. The molecule has 4 heteroatoms. The van der Waals surface area contributed by atoms with Crippen molar-refractivity contribution in [2.24, 2.45) is 5.92 Å². The number of carbonyl (C=O) groups excluding carboxylic acids is 1. The van der Waals surface area contributed by atoms with E-state index in [0.717, 1.165) is 38.8 Å². The Balaban J connectivity index is 2.58. The second-order valence-electron chi connectivity index (χ2n) is 4.74. The summed E-state index contributed by atoms with van der Waals surface area (Å²) < 4.78 is 5.14. The van der Waals surface area contributed by atoms with Gasteiger partial charge < -0.3 is 9.84 Å². The first kappa shape index (κ1) is 14.5. The molecule has 0 aromatic carbocycles. The quantitative estimate of drug-likeness (QED) is 0.717. The molecule has 0 aliphatic carbocycles. The van der Waals surface area contributed by atoms with Gasteiger partial charge in [0.2, 0.25) is 0 Å². The van der Waals surface area contributed by atoms with Gasteiger partial charge >= 0.3 is 5.97 Å². The molecule has 17 heavy (non-hydrogen) atoms. The van der Waals surface area contributed by atoms with Crippen molar-refractivity contribution in [1.82, 2.24) is 4.90 Å². The van der Waals surface area contributed by atoms with Crippen molar-refractivity contribution in [2.75, 3.05) is 26.3 Å². The van der Waals surface area contributed by atoms with Gasteiger partial charge in [0.05, 0.1) is 6.61 Å². The van der Waals surface area contributed by atoms with Gasteiger partial charge in [0.1, 0.15) is 6.04 Å². The molecule has 1 aliphatic rings. The molecule has 1 aliphatic heterocycles. The van der Waals surface area contributed by atoms with Crippen LogP contribution in [0.2, 0.25) is 0 Å². The minimum atomic E-state index is -0.116. The summed E-state index contributed by atoms with van der Waals surface area (Å²) in [5.41, 5.74) is 0. The molecule has 1 saturated heterocycles. The fourth-order valence-electron chi connectivity index (χ4n) is 2.49. The monoisotopic (exact) mass is 243 g/mol. The maximum atomic E-state index is 11.9. The standard InChI is InChI=1S/C13H25NO3/c1-3-6-12(13(16)17-4-2)14-8-5-7-11(9-14)10-15/h11-12,15H,3-10H2,1-2H3. The van der Waals surface area contributed by atoms with Crippen molar-refractivity contribution >= 4 is 5.97 Å². The summed E-state index contributed by atoms with van der Waals surface area (Å²) in [6, 6.07) is -0.116. The van der Waals surface area contributed by atoms with Crippen LogP contribution < -0.4 is 0 Å². The Morgan fingerprint density at radius 1 is 1.53 bits per heavy atom. The predicted octanol–water partition coefficient (Wildman–Crippen LogP) is 1.42. The molecule has 100 valence electrons. The molecule has 0 saturated carbocycles.